The normalized spacial score (nSPS) is 21.9. The van der Waals surface area contributed by atoms with Gasteiger partial charge in [-0.1, -0.05) is 6.92 Å². The summed E-state index contributed by atoms with van der Waals surface area (Å²) >= 11 is 0. The van der Waals surface area contributed by atoms with Crippen molar-refractivity contribution in [2.45, 2.75) is 25.4 Å². The van der Waals surface area contributed by atoms with Crippen LogP contribution in [-0.4, -0.2) is 68.0 Å². The van der Waals surface area contributed by atoms with Crippen LogP contribution in [0.3, 0.4) is 0 Å². The molecule has 1 fully saturated rings. The van der Waals surface area contributed by atoms with E-state index in [4.69, 9.17) is 0 Å². The molecule has 0 amide bonds. The zero-order chi connectivity index (χ0) is 13.1. The largest absolute Gasteiger partial charge is 0.388 e. The maximum absolute atomic E-state index is 11.9. The lowest BCUT2D eigenvalue weighted by molar-refractivity contribution is -0.00412. The zero-order valence-electron chi connectivity index (χ0n) is 10.8. The molecule has 0 spiro atoms. The smallest absolute Gasteiger partial charge is 0.281 e. The van der Waals surface area contributed by atoms with Crippen LogP contribution < -0.4 is 5.32 Å². The number of nitrogens with zero attached hydrogens (tertiary/aromatic N) is 2. The van der Waals surface area contributed by atoms with Crippen molar-refractivity contribution >= 4 is 10.2 Å². The lowest BCUT2D eigenvalue weighted by Gasteiger charge is -2.38. The van der Waals surface area contributed by atoms with Crippen molar-refractivity contribution in [1.82, 2.24) is 13.9 Å². The van der Waals surface area contributed by atoms with Crippen molar-refractivity contribution in [2.24, 2.45) is 0 Å². The van der Waals surface area contributed by atoms with E-state index in [1.807, 2.05) is 6.92 Å². The minimum atomic E-state index is -3.34. The average molecular weight is 265 g/mol. The van der Waals surface area contributed by atoms with Gasteiger partial charge in [0, 0.05) is 33.7 Å². The second kappa shape index (κ2) is 5.62. The van der Waals surface area contributed by atoms with Crippen LogP contribution in [0.5, 0.6) is 0 Å². The molecule has 6 nitrogen and oxygen atoms in total. The van der Waals surface area contributed by atoms with Crippen molar-refractivity contribution in [1.29, 1.82) is 0 Å². The van der Waals surface area contributed by atoms with Crippen LogP contribution in [0.15, 0.2) is 0 Å². The Kier molecular flexibility index (Phi) is 4.91. The predicted octanol–water partition coefficient (Wildman–Crippen LogP) is -0.771. The molecule has 1 aliphatic rings. The van der Waals surface area contributed by atoms with E-state index >= 15 is 0 Å². The van der Waals surface area contributed by atoms with Crippen molar-refractivity contribution < 1.29 is 13.5 Å². The van der Waals surface area contributed by atoms with E-state index in [2.05, 4.69) is 5.32 Å². The van der Waals surface area contributed by atoms with E-state index in [1.54, 1.807) is 0 Å². The molecule has 0 aromatic carbocycles. The van der Waals surface area contributed by atoms with Gasteiger partial charge in [0.25, 0.3) is 10.2 Å². The Morgan fingerprint density at radius 2 is 1.88 bits per heavy atom. The van der Waals surface area contributed by atoms with Gasteiger partial charge in [-0.2, -0.15) is 17.0 Å². The van der Waals surface area contributed by atoms with Gasteiger partial charge in [0.15, 0.2) is 0 Å². The highest BCUT2D eigenvalue weighted by molar-refractivity contribution is 7.86. The number of piperidine rings is 1. The van der Waals surface area contributed by atoms with Crippen LogP contribution in [-0.2, 0) is 10.2 Å². The summed E-state index contributed by atoms with van der Waals surface area (Å²) in [5, 5.41) is 13.3. The fourth-order valence-electron chi connectivity index (χ4n) is 1.90. The molecular formula is C10H23N3O3S. The lowest BCUT2D eigenvalue weighted by atomic mass is 9.92. The van der Waals surface area contributed by atoms with E-state index in [1.165, 1.54) is 22.7 Å². The van der Waals surface area contributed by atoms with Gasteiger partial charge in [-0.25, -0.2) is 0 Å². The molecule has 0 aromatic rings. The standard InChI is InChI=1S/C10H23N3O3S/c1-4-11-9-10(14)5-7-13(8-6-10)17(15,16)12(2)3/h11,14H,4-9H2,1-3H3. The summed E-state index contributed by atoms with van der Waals surface area (Å²) in [6, 6.07) is 0. The van der Waals surface area contributed by atoms with E-state index in [0.29, 0.717) is 32.5 Å². The third-order valence-corrected chi connectivity index (χ3v) is 5.09. The van der Waals surface area contributed by atoms with E-state index in [9.17, 15) is 13.5 Å². The first-order valence-corrected chi connectivity index (χ1v) is 7.32. The molecule has 0 radical (unpaired) electrons. The Bertz CT molecular complexity index is 335. The molecule has 0 unspecified atom stereocenters. The van der Waals surface area contributed by atoms with Crippen molar-refractivity contribution in [3.05, 3.63) is 0 Å². The molecule has 1 aliphatic heterocycles. The molecule has 17 heavy (non-hydrogen) atoms. The van der Waals surface area contributed by atoms with Crippen LogP contribution in [0.1, 0.15) is 19.8 Å². The topological polar surface area (TPSA) is 72.9 Å². The number of nitrogens with one attached hydrogen (secondary N) is 1. The quantitative estimate of drug-likeness (QED) is 0.684. The highest BCUT2D eigenvalue weighted by Crippen LogP contribution is 2.23. The number of hydrogen-bond acceptors (Lipinski definition) is 4. The molecule has 1 heterocycles. The van der Waals surface area contributed by atoms with Gasteiger partial charge in [-0.15, -0.1) is 0 Å². The van der Waals surface area contributed by atoms with Gasteiger partial charge in [0.2, 0.25) is 0 Å². The monoisotopic (exact) mass is 265 g/mol. The molecule has 0 bridgehead atoms. The molecule has 7 heteroatoms. The van der Waals surface area contributed by atoms with Crippen molar-refractivity contribution in [3.63, 3.8) is 0 Å². The lowest BCUT2D eigenvalue weighted by Crippen LogP contribution is -2.53. The van der Waals surface area contributed by atoms with Crippen LogP contribution in [0.4, 0.5) is 0 Å². The molecule has 1 rings (SSSR count). The fourth-order valence-corrected chi connectivity index (χ4v) is 3.00. The third kappa shape index (κ3) is 3.62. The number of aliphatic hydroxyl groups is 1. The van der Waals surface area contributed by atoms with Crippen LogP contribution >= 0.6 is 0 Å². The Morgan fingerprint density at radius 1 is 1.35 bits per heavy atom. The molecule has 0 aromatic heterocycles. The minimum Gasteiger partial charge on any atom is -0.388 e. The second-order valence-corrected chi connectivity index (χ2v) is 6.84. The molecular weight excluding hydrogens is 242 g/mol. The van der Waals surface area contributed by atoms with Gasteiger partial charge in [-0.3, -0.25) is 0 Å². The summed E-state index contributed by atoms with van der Waals surface area (Å²) in [5.41, 5.74) is -0.770. The zero-order valence-corrected chi connectivity index (χ0v) is 11.6. The Hall–Kier alpha value is -0.210. The summed E-state index contributed by atoms with van der Waals surface area (Å²) < 4.78 is 26.4. The van der Waals surface area contributed by atoms with Gasteiger partial charge in [0.1, 0.15) is 0 Å². The second-order valence-electron chi connectivity index (χ2n) is 4.69. The number of rotatable bonds is 5. The van der Waals surface area contributed by atoms with E-state index in [0.717, 1.165) is 6.54 Å². The SMILES string of the molecule is CCNCC1(O)CCN(S(=O)(=O)N(C)C)CC1. The highest BCUT2D eigenvalue weighted by atomic mass is 32.2. The van der Waals surface area contributed by atoms with Crippen LogP contribution in [0.25, 0.3) is 0 Å². The third-order valence-electron chi connectivity index (χ3n) is 3.14. The van der Waals surface area contributed by atoms with E-state index < -0.39 is 15.8 Å². The molecule has 2 N–H and O–H groups in total. The van der Waals surface area contributed by atoms with Crippen LogP contribution in [0.2, 0.25) is 0 Å². The van der Waals surface area contributed by atoms with Crippen molar-refractivity contribution in [2.75, 3.05) is 40.3 Å². The molecule has 0 atom stereocenters. The predicted molar refractivity (Wildman–Crippen MR) is 66.9 cm³/mol. The minimum absolute atomic E-state index is 0.377. The Morgan fingerprint density at radius 3 is 2.29 bits per heavy atom. The first-order valence-electron chi connectivity index (χ1n) is 5.92. The maximum atomic E-state index is 11.9. The number of likely N-dealkylation sites (N-methyl/N-ethyl adjacent to an activating group) is 1. The Labute approximate surface area is 104 Å². The average Bonchev–Trinajstić information content (AvgIpc) is 2.27. The fraction of sp³-hybridized carbons (Fsp3) is 1.00. The van der Waals surface area contributed by atoms with E-state index in [-0.39, 0.29) is 0 Å². The van der Waals surface area contributed by atoms with Gasteiger partial charge in [-0.05, 0) is 19.4 Å². The first-order chi connectivity index (χ1) is 7.82. The molecule has 102 valence electrons. The van der Waals surface area contributed by atoms with Gasteiger partial charge >= 0.3 is 0 Å². The summed E-state index contributed by atoms with van der Waals surface area (Å²) in [6.45, 7) is 4.07. The molecule has 0 saturated carbocycles. The number of hydrogen-bond donors (Lipinski definition) is 2. The van der Waals surface area contributed by atoms with Crippen LogP contribution in [0, 0.1) is 0 Å². The maximum Gasteiger partial charge on any atom is 0.281 e. The van der Waals surface area contributed by atoms with Crippen molar-refractivity contribution in [3.8, 4) is 0 Å². The first kappa shape index (κ1) is 14.8. The van der Waals surface area contributed by atoms with Gasteiger partial charge in [0.05, 0.1) is 5.60 Å². The van der Waals surface area contributed by atoms with Gasteiger partial charge < -0.3 is 10.4 Å². The summed E-state index contributed by atoms with van der Waals surface area (Å²) in [6.07, 6.45) is 0.958. The molecule has 0 aliphatic carbocycles. The highest BCUT2D eigenvalue weighted by Gasteiger charge is 2.36. The summed E-state index contributed by atoms with van der Waals surface area (Å²) in [7, 11) is -0.290. The molecule has 1 saturated heterocycles. The Balaban J connectivity index is 2.56. The summed E-state index contributed by atoms with van der Waals surface area (Å²) in [5.74, 6) is 0. The summed E-state index contributed by atoms with van der Waals surface area (Å²) in [4.78, 5) is 0.